The van der Waals surface area contributed by atoms with Crippen LogP contribution in [0, 0.1) is 0 Å². The fourth-order valence-corrected chi connectivity index (χ4v) is 2.11. The summed E-state index contributed by atoms with van der Waals surface area (Å²) in [6.45, 7) is 0.967. The summed E-state index contributed by atoms with van der Waals surface area (Å²) in [5.41, 5.74) is 1.07. The summed E-state index contributed by atoms with van der Waals surface area (Å²) in [7, 11) is 0. The zero-order valence-electron chi connectivity index (χ0n) is 7.91. The summed E-state index contributed by atoms with van der Waals surface area (Å²) in [5, 5.41) is 13.8. The second-order valence-corrected chi connectivity index (χ2v) is 4.13. The van der Waals surface area contributed by atoms with Gasteiger partial charge in [-0.1, -0.05) is 23.7 Å². The Morgan fingerprint density at radius 3 is 3.00 bits per heavy atom. The first kappa shape index (κ1) is 9.97. The van der Waals surface area contributed by atoms with E-state index in [9.17, 15) is 5.11 Å². The van der Waals surface area contributed by atoms with Gasteiger partial charge in [0.15, 0.2) is 0 Å². The summed E-state index contributed by atoms with van der Waals surface area (Å²) in [5.74, 6) is 0. The quantitative estimate of drug-likeness (QED) is 0.746. The van der Waals surface area contributed by atoms with E-state index in [-0.39, 0.29) is 12.1 Å². The molecule has 2 nitrogen and oxygen atoms in total. The maximum atomic E-state index is 9.81. The molecular formula is C11H14ClNO. The van der Waals surface area contributed by atoms with Crippen LogP contribution in [0.25, 0.3) is 0 Å². The molecule has 1 aromatic carbocycles. The lowest BCUT2D eigenvalue weighted by Gasteiger charge is -2.29. The van der Waals surface area contributed by atoms with Gasteiger partial charge in [-0.15, -0.1) is 0 Å². The van der Waals surface area contributed by atoms with Gasteiger partial charge in [0.05, 0.1) is 12.1 Å². The zero-order valence-corrected chi connectivity index (χ0v) is 8.67. The minimum atomic E-state index is -0.290. The summed E-state index contributed by atoms with van der Waals surface area (Å²) in [4.78, 5) is 0. The fourth-order valence-electron chi connectivity index (χ4n) is 1.91. The van der Waals surface area contributed by atoms with Gasteiger partial charge in [-0.25, -0.2) is 0 Å². The van der Waals surface area contributed by atoms with Crippen molar-refractivity contribution in [3.63, 3.8) is 0 Å². The molecule has 3 heteroatoms. The lowest BCUT2D eigenvalue weighted by Crippen LogP contribution is -2.37. The van der Waals surface area contributed by atoms with Crippen LogP contribution in [0.1, 0.15) is 24.4 Å². The van der Waals surface area contributed by atoms with Crippen molar-refractivity contribution < 1.29 is 5.11 Å². The van der Waals surface area contributed by atoms with E-state index in [1.807, 2.05) is 24.3 Å². The van der Waals surface area contributed by atoms with E-state index >= 15 is 0 Å². The summed E-state index contributed by atoms with van der Waals surface area (Å²) < 4.78 is 0. The first-order valence-electron chi connectivity index (χ1n) is 4.94. The third-order valence-electron chi connectivity index (χ3n) is 2.63. The lowest BCUT2D eigenvalue weighted by molar-refractivity contribution is 0.0965. The highest BCUT2D eigenvalue weighted by Gasteiger charge is 2.23. The molecule has 1 aliphatic heterocycles. The van der Waals surface area contributed by atoms with E-state index in [0.29, 0.717) is 0 Å². The Hall–Kier alpha value is -0.570. The van der Waals surface area contributed by atoms with Crippen molar-refractivity contribution in [3.05, 3.63) is 34.9 Å². The second-order valence-electron chi connectivity index (χ2n) is 3.70. The number of halogens is 1. The first-order chi connectivity index (χ1) is 6.77. The molecule has 0 saturated carbocycles. The lowest BCUT2D eigenvalue weighted by atomic mass is 9.95. The Morgan fingerprint density at radius 2 is 2.29 bits per heavy atom. The van der Waals surface area contributed by atoms with Crippen LogP contribution in [0.2, 0.25) is 5.02 Å². The van der Waals surface area contributed by atoms with E-state index in [0.717, 1.165) is 30.0 Å². The number of aliphatic hydroxyl groups is 1. The van der Waals surface area contributed by atoms with Crippen molar-refractivity contribution in [1.82, 2.24) is 5.32 Å². The molecule has 0 amide bonds. The number of hydrogen-bond acceptors (Lipinski definition) is 2. The number of piperidine rings is 1. The Morgan fingerprint density at radius 1 is 1.43 bits per heavy atom. The maximum absolute atomic E-state index is 9.81. The van der Waals surface area contributed by atoms with Crippen molar-refractivity contribution >= 4 is 11.6 Å². The van der Waals surface area contributed by atoms with Crippen LogP contribution in [-0.4, -0.2) is 17.8 Å². The Bertz CT molecular complexity index is 316. The highest BCUT2D eigenvalue weighted by Crippen LogP contribution is 2.25. The van der Waals surface area contributed by atoms with Crippen LogP contribution in [0.5, 0.6) is 0 Å². The molecule has 2 rings (SSSR count). The van der Waals surface area contributed by atoms with Gasteiger partial charge in [0.25, 0.3) is 0 Å². The van der Waals surface area contributed by atoms with E-state index < -0.39 is 0 Å². The largest absolute Gasteiger partial charge is 0.391 e. The van der Waals surface area contributed by atoms with Gasteiger partial charge in [-0.2, -0.15) is 0 Å². The van der Waals surface area contributed by atoms with Gasteiger partial charge >= 0.3 is 0 Å². The molecule has 1 aliphatic rings. The summed E-state index contributed by atoms with van der Waals surface area (Å²) in [6, 6.07) is 7.72. The van der Waals surface area contributed by atoms with Crippen molar-refractivity contribution in [3.8, 4) is 0 Å². The van der Waals surface area contributed by atoms with E-state index in [2.05, 4.69) is 5.32 Å². The minimum Gasteiger partial charge on any atom is -0.391 e. The van der Waals surface area contributed by atoms with Crippen LogP contribution in [-0.2, 0) is 0 Å². The van der Waals surface area contributed by atoms with Gasteiger partial charge in [0, 0.05) is 5.02 Å². The van der Waals surface area contributed by atoms with Crippen LogP contribution in [0.3, 0.4) is 0 Å². The van der Waals surface area contributed by atoms with Crippen LogP contribution in [0.4, 0.5) is 0 Å². The minimum absolute atomic E-state index is 0.0439. The topological polar surface area (TPSA) is 32.3 Å². The van der Waals surface area contributed by atoms with Crippen molar-refractivity contribution in [2.75, 3.05) is 6.54 Å². The van der Waals surface area contributed by atoms with E-state index in [1.54, 1.807) is 0 Å². The highest BCUT2D eigenvalue weighted by atomic mass is 35.5. The first-order valence-corrected chi connectivity index (χ1v) is 5.32. The molecule has 0 spiro atoms. The summed E-state index contributed by atoms with van der Waals surface area (Å²) in [6.07, 6.45) is 1.62. The molecule has 1 fully saturated rings. The number of benzene rings is 1. The molecule has 0 bridgehead atoms. The van der Waals surface area contributed by atoms with Crippen molar-refractivity contribution in [2.45, 2.75) is 25.0 Å². The van der Waals surface area contributed by atoms with Crippen LogP contribution in [0.15, 0.2) is 24.3 Å². The second kappa shape index (κ2) is 4.30. The molecule has 0 unspecified atom stereocenters. The zero-order chi connectivity index (χ0) is 9.97. The molecule has 76 valence electrons. The number of nitrogens with one attached hydrogen (secondary N) is 1. The van der Waals surface area contributed by atoms with Crippen molar-refractivity contribution in [1.29, 1.82) is 0 Å². The number of rotatable bonds is 1. The van der Waals surface area contributed by atoms with Crippen LogP contribution >= 0.6 is 11.6 Å². The molecular weight excluding hydrogens is 198 g/mol. The predicted octanol–water partition coefficient (Wildman–Crippen LogP) is 2.13. The Labute approximate surface area is 88.9 Å². The molecule has 0 aromatic heterocycles. The van der Waals surface area contributed by atoms with Gasteiger partial charge in [-0.3, -0.25) is 0 Å². The smallest absolute Gasteiger partial charge is 0.0735 e. The maximum Gasteiger partial charge on any atom is 0.0735 e. The third-order valence-corrected chi connectivity index (χ3v) is 2.87. The highest BCUT2D eigenvalue weighted by molar-refractivity contribution is 6.30. The molecule has 0 radical (unpaired) electrons. The Kier molecular flexibility index (Phi) is 3.06. The monoisotopic (exact) mass is 211 g/mol. The third kappa shape index (κ3) is 2.08. The average Bonchev–Trinajstić information content (AvgIpc) is 2.18. The average molecular weight is 212 g/mol. The molecule has 2 atom stereocenters. The van der Waals surface area contributed by atoms with Crippen molar-refractivity contribution in [2.24, 2.45) is 0 Å². The molecule has 0 aliphatic carbocycles. The fraction of sp³-hybridized carbons (Fsp3) is 0.455. The normalized spacial score (nSPS) is 27.6. The van der Waals surface area contributed by atoms with E-state index in [1.165, 1.54) is 0 Å². The van der Waals surface area contributed by atoms with E-state index in [4.69, 9.17) is 11.6 Å². The predicted molar refractivity (Wildman–Crippen MR) is 57.4 cm³/mol. The van der Waals surface area contributed by atoms with Crippen LogP contribution < -0.4 is 5.32 Å². The van der Waals surface area contributed by atoms with Gasteiger partial charge in [0.2, 0.25) is 0 Å². The SMILES string of the molecule is O[C@H]1CCCN[C@H]1c1cccc(Cl)c1. The molecule has 2 N–H and O–H groups in total. The standard InChI is InChI=1S/C11H14ClNO/c12-9-4-1-3-8(7-9)11-10(14)5-2-6-13-11/h1,3-4,7,10-11,13-14H,2,5-6H2/t10-,11-/m0/s1. The van der Waals surface area contributed by atoms with Gasteiger partial charge in [0.1, 0.15) is 0 Å². The number of hydrogen-bond donors (Lipinski definition) is 2. The number of aliphatic hydroxyl groups excluding tert-OH is 1. The molecule has 1 heterocycles. The van der Waals surface area contributed by atoms with Gasteiger partial charge < -0.3 is 10.4 Å². The van der Waals surface area contributed by atoms with Gasteiger partial charge in [-0.05, 0) is 37.1 Å². The molecule has 14 heavy (non-hydrogen) atoms. The molecule has 1 aromatic rings. The Balaban J connectivity index is 2.20. The molecule has 1 saturated heterocycles. The summed E-state index contributed by atoms with van der Waals surface area (Å²) >= 11 is 5.90.